The summed E-state index contributed by atoms with van der Waals surface area (Å²) < 4.78 is 43.1. The highest BCUT2D eigenvalue weighted by atomic mass is 32.2. The molecule has 9 heteroatoms. The molecule has 198 valence electrons. The molecule has 0 aliphatic carbocycles. The number of thioether (sulfide) groups is 1. The normalized spacial score (nSPS) is 16.5. The highest BCUT2D eigenvalue weighted by Crippen LogP contribution is 2.46. The molecule has 0 atom stereocenters. The van der Waals surface area contributed by atoms with E-state index in [0.29, 0.717) is 18.2 Å². The summed E-state index contributed by atoms with van der Waals surface area (Å²) >= 11 is 2.60. The lowest BCUT2D eigenvalue weighted by Crippen LogP contribution is -2.38. The van der Waals surface area contributed by atoms with E-state index in [1.165, 1.54) is 30.0 Å². The topological polar surface area (TPSA) is 44.5 Å². The first kappa shape index (κ1) is 31.6. The summed E-state index contributed by atoms with van der Waals surface area (Å²) in [6, 6.07) is 3.95. The van der Waals surface area contributed by atoms with Gasteiger partial charge in [0.1, 0.15) is 0 Å². The molecule has 0 amide bonds. The SMILES string of the molecule is C=CC1=C(C=C)N(CCCN2CCC(CNSN)CC2)c2cc(C(F)(F)F)ccc2S1.CC.CC. The van der Waals surface area contributed by atoms with Crippen LogP contribution in [0.2, 0.25) is 0 Å². The summed E-state index contributed by atoms with van der Waals surface area (Å²) in [5.74, 6) is 0.643. The lowest BCUT2D eigenvalue weighted by Gasteiger charge is -2.35. The van der Waals surface area contributed by atoms with Gasteiger partial charge in [0.15, 0.2) is 0 Å². The Morgan fingerprint density at radius 3 is 2.31 bits per heavy atom. The minimum absolute atomic E-state index is 0.587. The summed E-state index contributed by atoms with van der Waals surface area (Å²) in [4.78, 5) is 6.11. The fraction of sp³-hybridized carbons (Fsp3) is 0.538. The van der Waals surface area contributed by atoms with Crippen LogP contribution < -0.4 is 14.8 Å². The number of allylic oxidation sites excluding steroid dienone is 2. The summed E-state index contributed by atoms with van der Waals surface area (Å²) in [6.07, 6.45) is 2.19. The number of nitrogens with zero attached hydrogens (tertiary/aromatic N) is 2. The highest BCUT2D eigenvalue weighted by Gasteiger charge is 2.33. The zero-order chi connectivity index (χ0) is 26.4. The lowest BCUT2D eigenvalue weighted by atomic mass is 9.97. The number of hydrogen-bond acceptors (Lipinski definition) is 6. The number of nitrogens with one attached hydrogen (secondary N) is 1. The van der Waals surface area contributed by atoms with Crippen LogP contribution in [0.25, 0.3) is 0 Å². The number of likely N-dealkylation sites (tertiary alicyclic amines) is 1. The molecule has 4 nitrogen and oxygen atoms in total. The molecule has 1 aromatic carbocycles. The Balaban J connectivity index is 0.00000145. The van der Waals surface area contributed by atoms with Crippen LogP contribution in [0.5, 0.6) is 0 Å². The summed E-state index contributed by atoms with van der Waals surface area (Å²) in [5.41, 5.74) is 0.772. The van der Waals surface area contributed by atoms with Crippen LogP contribution in [0, 0.1) is 5.92 Å². The van der Waals surface area contributed by atoms with Gasteiger partial charge in [-0.2, -0.15) is 13.2 Å². The van der Waals surface area contributed by atoms with Gasteiger partial charge >= 0.3 is 6.18 Å². The number of hydrogen-bond donors (Lipinski definition) is 2. The van der Waals surface area contributed by atoms with Crippen molar-refractivity contribution < 1.29 is 13.2 Å². The molecule has 2 aliphatic rings. The Bertz CT molecular complexity index is 819. The van der Waals surface area contributed by atoms with Crippen LogP contribution >= 0.6 is 23.9 Å². The van der Waals surface area contributed by atoms with Gasteiger partial charge in [0.05, 0.1) is 16.9 Å². The van der Waals surface area contributed by atoms with Crippen LogP contribution in [0.1, 0.15) is 52.5 Å². The molecule has 0 radical (unpaired) electrons. The average molecular weight is 531 g/mol. The minimum Gasteiger partial charge on any atom is -0.340 e. The molecule has 0 saturated carbocycles. The number of halogens is 3. The van der Waals surface area contributed by atoms with E-state index in [4.69, 9.17) is 5.14 Å². The van der Waals surface area contributed by atoms with Crippen molar-refractivity contribution in [2.75, 3.05) is 37.6 Å². The highest BCUT2D eigenvalue weighted by molar-refractivity contribution is 8.03. The maximum atomic E-state index is 13.3. The second-order valence-electron chi connectivity index (χ2n) is 7.70. The third-order valence-corrected chi connectivity index (χ3v) is 7.23. The van der Waals surface area contributed by atoms with E-state index < -0.39 is 11.7 Å². The third kappa shape index (κ3) is 9.21. The van der Waals surface area contributed by atoms with E-state index in [0.717, 1.165) is 67.0 Å². The van der Waals surface area contributed by atoms with Crippen molar-refractivity contribution in [2.45, 2.75) is 58.0 Å². The zero-order valence-electron chi connectivity index (χ0n) is 21.5. The van der Waals surface area contributed by atoms with Gasteiger partial charge in [-0.25, -0.2) is 0 Å². The van der Waals surface area contributed by atoms with E-state index in [2.05, 4.69) is 22.8 Å². The van der Waals surface area contributed by atoms with Gasteiger partial charge in [-0.3, -0.25) is 9.86 Å². The Labute approximate surface area is 218 Å². The van der Waals surface area contributed by atoms with Gasteiger partial charge in [0, 0.05) is 35.0 Å². The maximum Gasteiger partial charge on any atom is 0.416 e. The molecule has 0 bridgehead atoms. The van der Waals surface area contributed by atoms with Crippen molar-refractivity contribution in [2.24, 2.45) is 11.1 Å². The second kappa shape index (κ2) is 16.4. The van der Waals surface area contributed by atoms with E-state index in [9.17, 15) is 13.2 Å². The van der Waals surface area contributed by atoms with E-state index in [-0.39, 0.29) is 0 Å². The standard InChI is InChI=1S/C22H29F3N4S2.2C2H6/c1-3-18-20(4-2)30-21-7-6-17(22(23,24)25)14-19(21)29(18)11-5-10-28-12-8-16(9-13-28)15-27-31-26;2*1-2/h3-4,6-7,14,16,27H,1-2,5,8-13,15,26H2;2*1-2H3. The van der Waals surface area contributed by atoms with Gasteiger partial charge in [0.25, 0.3) is 0 Å². The first-order valence-electron chi connectivity index (χ1n) is 12.3. The number of benzene rings is 1. The van der Waals surface area contributed by atoms with Gasteiger partial charge < -0.3 is 9.80 Å². The molecule has 35 heavy (non-hydrogen) atoms. The number of anilines is 1. The third-order valence-electron chi connectivity index (χ3n) is 5.74. The lowest BCUT2D eigenvalue weighted by molar-refractivity contribution is -0.137. The molecule has 1 saturated heterocycles. The van der Waals surface area contributed by atoms with Crippen LogP contribution in [0.15, 0.2) is 59.0 Å². The zero-order valence-corrected chi connectivity index (χ0v) is 23.1. The van der Waals surface area contributed by atoms with Crippen molar-refractivity contribution in [3.05, 3.63) is 59.7 Å². The summed E-state index contributed by atoms with van der Waals surface area (Å²) in [5, 5.41) is 5.43. The van der Waals surface area contributed by atoms with E-state index >= 15 is 0 Å². The Hall–Kier alpha value is -1.39. The quantitative estimate of drug-likeness (QED) is 0.323. The molecule has 2 heterocycles. The molecule has 1 fully saturated rings. The Kier molecular flexibility index (Phi) is 14.8. The molecule has 3 rings (SSSR count). The largest absolute Gasteiger partial charge is 0.416 e. The molecule has 2 aliphatic heterocycles. The number of alkyl halides is 3. The number of nitrogens with two attached hydrogens (primary N) is 1. The number of piperidine rings is 1. The van der Waals surface area contributed by atoms with Crippen LogP contribution in [-0.2, 0) is 6.18 Å². The van der Waals surface area contributed by atoms with Crippen molar-refractivity contribution in [1.82, 2.24) is 9.62 Å². The summed E-state index contributed by atoms with van der Waals surface area (Å²) in [6.45, 7) is 20.3. The predicted molar refractivity (Wildman–Crippen MR) is 148 cm³/mol. The smallest absolute Gasteiger partial charge is 0.340 e. The molecular weight excluding hydrogens is 489 g/mol. The maximum absolute atomic E-state index is 13.3. The molecular formula is C26H41F3N4S2. The molecule has 1 aromatic rings. The first-order valence-corrected chi connectivity index (χ1v) is 14.0. The second-order valence-corrected chi connectivity index (χ2v) is 9.30. The molecule has 0 aromatic heterocycles. The van der Waals surface area contributed by atoms with Crippen molar-refractivity contribution in [3.63, 3.8) is 0 Å². The Morgan fingerprint density at radius 1 is 1.11 bits per heavy atom. The van der Waals surface area contributed by atoms with Gasteiger partial charge in [-0.05, 0) is 69.1 Å². The van der Waals surface area contributed by atoms with E-state index in [1.54, 1.807) is 18.2 Å². The first-order chi connectivity index (χ1) is 16.9. The minimum atomic E-state index is -4.37. The van der Waals surface area contributed by atoms with Crippen LogP contribution in [0.4, 0.5) is 18.9 Å². The fourth-order valence-corrected chi connectivity index (χ4v) is 5.42. The van der Waals surface area contributed by atoms with Crippen molar-refractivity contribution in [3.8, 4) is 0 Å². The van der Waals surface area contributed by atoms with Gasteiger partial charge in [-0.15, -0.1) is 0 Å². The van der Waals surface area contributed by atoms with Gasteiger partial charge in [0.2, 0.25) is 0 Å². The van der Waals surface area contributed by atoms with Crippen LogP contribution in [0.3, 0.4) is 0 Å². The number of fused-ring (bicyclic) bond motifs is 1. The monoisotopic (exact) mass is 530 g/mol. The summed E-state index contributed by atoms with van der Waals surface area (Å²) in [7, 11) is 0. The average Bonchev–Trinajstić information content (AvgIpc) is 2.89. The number of rotatable bonds is 9. The fourth-order valence-electron chi connectivity index (χ4n) is 4.05. The molecule has 3 N–H and O–H groups in total. The molecule has 0 unspecified atom stereocenters. The Morgan fingerprint density at radius 2 is 1.77 bits per heavy atom. The van der Waals surface area contributed by atoms with Crippen LogP contribution in [-0.4, -0.2) is 37.6 Å². The van der Waals surface area contributed by atoms with Gasteiger partial charge in [-0.1, -0.05) is 58.7 Å². The van der Waals surface area contributed by atoms with Crippen molar-refractivity contribution >= 4 is 29.6 Å². The van der Waals surface area contributed by atoms with E-state index in [1.807, 2.05) is 32.6 Å². The molecule has 0 spiro atoms. The van der Waals surface area contributed by atoms with Crippen molar-refractivity contribution in [1.29, 1.82) is 0 Å². The predicted octanol–water partition coefficient (Wildman–Crippen LogP) is 7.47.